The molecular weight excluding hydrogens is 194 g/mol. The fourth-order valence-electron chi connectivity index (χ4n) is 1.96. The number of aliphatic imine (C=N–C) groups is 1. The third kappa shape index (κ3) is 2.08. The highest BCUT2D eigenvalue weighted by Crippen LogP contribution is 2.24. The van der Waals surface area contributed by atoms with Crippen LogP contribution in [0.25, 0.3) is 0 Å². The van der Waals surface area contributed by atoms with Gasteiger partial charge in [-0.3, -0.25) is 4.99 Å². The summed E-state index contributed by atoms with van der Waals surface area (Å²) in [4.78, 5) is 6.37. The van der Waals surface area contributed by atoms with Crippen molar-refractivity contribution in [2.45, 2.75) is 25.0 Å². The fraction of sp³-hybridized carbons (Fsp3) is 0.900. The van der Waals surface area contributed by atoms with E-state index in [0.717, 1.165) is 19.0 Å². The molecule has 1 saturated heterocycles. The van der Waals surface area contributed by atoms with Crippen LogP contribution in [0.4, 0.5) is 0 Å². The van der Waals surface area contributed by atoms with Gasteiger partial charge in [-0.05, 0) is 6.92 Å². The SMILES string of the molecule is CC1OCCC1(O)CNC1=NCCN1C. The Hall–Kier alpha value is -0.810. The van der Waals surface area contributed by atoms with Gasteiger partial charge in [0.15, 0.2) is 5.96 Å². The maximum Gasteiger partial charge on any atom is 0.193 e. The Morgan fingerprint density at radius 2 is 2.53 bits per heavy atom. The molecule has 0 amide bonds. The first-order valence-electron chi connectivity index (χ1n) is 5.45. The first-order valence-corrected chi connectivity index (χ1v) is 5.45. The van der Waals surface area contributed by atoms with Crippen LogP contribution in [-0.4, -0.2) is 61.0 Å². The van der Waals surface area contributed by atoms with Crippen molar-refractivity contribution in [3.8, 4) is 0 Å². The predicted octanol–water partition coefficient (Wildman–Crippen LogP) is -0.583. The topological polar surface area (TPSA) is 57.1 Å². The molecule has 2 rings (SSSR count). The monoisotopic (exact) mass is 213 g/mol. The second-order valence-electron chi connectivity index (χ2n) is 4.35. The Labute approximate surface area is 90.1 Å². The van der Waals surface area contributed by atoms with E-state index >= 15 is 0 Å². The smallest absolute Gasteiger partial charge is 0.193 e. The number of nitrogens with zero attached hydrogens (tertiary/aromatic N) is 2. The molecule has 0 aliphatic carbocycles. The van der Waals surface area contributed by atoms with Crippen molar-refractivity contribution >= 4 is 5.96 Å². The minimum Gasteiger partial charge on any atom is -0.385 e. The molecule has 2 aliphatic rings. The highest BCUT2D eigenvalue weighted by atomic mass is 16.5. The third-order valence-corrected chi connectivity index (χ3v) is 3.27. The predicted molar refractivity (Wildman–Crippen MR) is 57.9 cm³/mol. The van der Waals surface area contributed by atoms with Crippen LogP contribution in [0.5, 0.6) is 0 Å². The van der Waals surface area contributed by atoms with Crippen molar-refractivity contribution < 1.29 is 9.84 Å². The normalized spacial score (nSPS) is 35.8. The molecule has 0 saturated carbocycles. The van der Waals surface area contributed by atoms with E-state index in [9.17, 15) is 5.11 Å². The molecule has 0 aromatic rings. The largest absolute Gasteiger partial charge is 0.385 e. The average Bonchev–Trinajstić information content (AvgIpc) is 2.73. The number of hydrogen-bond acceptors (Lipinski definition) is 5. The molecule has 2 N–H and O–H groups in total. The number of likely N-dealkylation sites (N-methyl/N-ethyl adjacent to an activating group) is 1. The van der Waals surface area contributed by atoms with E-state index in [-0.39, 0.29) is 6.10 Å². The van der Waals surface area contributed by atoms with Crippen LogP contribution in [-0.2, 0) is 4.74 Å². The van der Waals surface area contributed by atoms with Crippen molar-refractivity contribution in [2.24, 2.45) is 4.99 Å². The molecule has 15 heavy (non-hydrogen) atoms. The average molecular weight is 213 g/mol. The van der Waals surface area contributed by atoms with Crippen molar-refractivity contribution in [3.05, 3.63) is 0 Å². The minimum absolute atomic E-state index is 0.0997. The van der Waals surface area contributed by atoms with Gasteiger partial charge in [0.05, 0.1) is 12.6 Å². The summed E-state index contributed by atoms with van der Waals surface area (Å²) in [7, 11) is 2.00. The van der Waals surface area contributed by atoms with Gasteiger partial charge in [-0.2, -0.15) is 0 Å². The molecule has 0 radical (unpaired) electrons. The summed E-state index contributed by atoms with van der Waals surface area (Å²) in [6.07, 6.45) is 0.593. The maximum atomic E-state index is 10.2. The Kier molecular flexibility index (Phi) is 2.84. The lowest BCUT2D eigenvalue weighted by atomic mass is 9.97. The zero-order valence-corrected chi connectivity index (χ0v) is 9.36. The molecule has 2 aliphatic heterocycles. The number of hydrogen-bond donors (Lipinski definition) is 2. The zero-order chi connectivity index (χ0) is 10.9. The lowest BCUT2D eigenvalue weighted by molar-refractivity contribution is -0.0236. The van der Waals surface area contributed by atoms with Crippen LogP contribution < -0.4 is 5.32 Å². The first kappa shape index (κ1) is 10.7. The van der Waals surface area contributed by atoms with E-state index in [1.54, 1.807) is 0 Å². The van der Waals surface area contributed by atoms with E-state index < -0.39 is 5.60 Å². The van der Waals surface area contributed by atoms with Gasteiger partial charge in [0.25, 0.3) is 0 Å². The van der Waals surface area contributed by atoms with Gasteiger partial charge < -0.3 is 20.1 Å². The Balaban J connectivity index is 1.87. The second kappa shape index (κ2) is 3.98. The Bertz CT molecular complexity index is 269. The quantitative estimate of drug-likeness (QED) is 0.644. The number of nitrogens with one attached hydrogen (secondary N) is 1. The summed E-state index contributed by atoms with van der Waals surface area (Å²) in [6, 6.07) is 0. The molecule has 2 atom stereocenters. The molecule has 0 spiro atoms. The van der Waals surface area contributed by atoms with Gasteiger partial charge in [-0.1, -0.05) is 0 Å². The number of rotatable bonds is 2. The van der Waals surface area contributed by atoms with Gasteiger partial charge in [0.2, 0.25) is 0 Å². The Morgan fingerprint density at radius 3 is 3.07 bits per heavy atom. The van der Waals surface area contributed by atoms with Crippen molar-refractivity contribution in [1.29, 1.82) is 0 Å². The minimum atomic E-state index is -0.744. The highest BCUT2D eigenvalue weighted by Gasteiger charge is 2.39. The first-order chi connectivity index (χ1) is 7.12. The van der Waals surface area contributed by atoms with Crippen molar-refractivity contribution in [2.75, 3.05) is 33.3 Å². The molecule has 0 aromatic heterocycles. The van der Waals surface area contributed by atoms with Crippen LogP contribution in [0, 0.1) is 0 Å². The van der Waals surface area contributed by atoms with E-state index in [0.29, 0.717) is 19.6 Å². The lowest BCUT2D eigenvalue weighted by Gasteiger charge is -2.27. The van der Waals surface area contributed by atoms with Crippen LogP contribution >= 0.6 is 0 Å². The molecule has 5 heteroatoms. The van der Waals surface area contributed by atoms with Gasteiger partial charge in [0, 0.05) is 33.2 Å². The molecule has 86 valence electrons. The van der Waals surface area contributed by atoms with Crippen molar-refractivity contribution in [3.63, 3.8) is 0 Å². The Morgan fingerprint density at radius 1 is 1.73 bits per heavy atom. The maximum absolute atomic E-state index is 10.2. The van der Waals surface area contributed by atoms with Gasteiger partial charge >= 0.3 is 0 Å². The molecule has 2 unspecified atom stereocenters. The zero-order valence-electron chi connectivity index (χ0n) is 9.36. The van der Waals surface area contributed by atoms with E-state index in [4.69, 9.17) is 4.74 Å². The van der Waals surface area contributed by atoms with Crippen LogP contribution in [0.2, 0.25) is 0 Å². The molecular formula is C10H19N3O2. The highest BCUT2D eigenvalue weighted by molar-refractivity contribution is 5.81. The fourth-order valence-corrected chi connectivity index (χ4v) is 1.96. The lowest BCUT2D eigenvalue weighted by Crippen LogP contribution is -2.49. The third-order valence-electron chi connectivity index (χ3n) is 3.27. The summed E-state index contributed by atoms with van der Waals surface area (Å²) < 4.78 is 5.37. The summed E-state index contributed by atoms with van der Waals surface area (Å²) in [5.41, 5.74) is -0.744. The standard InChI is InChI=1S/C10H19N3O2/c1-8-10(14,3-6-15-8)7-12-9-11-4-5-13(9)2/h8,14H,3-7H2,1-2H3,(H,11,12). The summed E-state index contributed by atoms with van der Waals surface area (Å²) in [6.45, 7) is 4.85. The number of ether oxygens (including phenoxy) is 1. The van der Waals surface area contributed by atoms with Gasteiger partial charge in [-0.15, -0.1) is 0 Å². The van der Waals surface area contributed by atoms with E-state index in [2.05, 4.69) is 15.2 Å². The second-order valence-corrected chi connectivity index (χ2v) is 4.35. The molecule has 5 nitrogen and oxygen atoms in total. The van der Waals surface area contributed by atoms with Crippen molar-refractivity contribution in [1.82, 2.24) is 10.2 Å². The molecule has 2 heterocycles. The van der Waals surface area contributed by atoms with Crippen LogP contribution in [0.15, 0.2) is 4.99 Å². The number of aliphatic hydroxyl groups is 1. The summed E-state index contributed by atoms with van der Waals surface area (Å²) >= 11 is 0. The van der Waals surface area contributed by atoms with E-state index in [1.807, 2.05) is 14.0 Å². The summed E-state index contributed by atoms with van der Waals surface area (Å²) in [5.74, 6) is 0.877. The van der Waals surface area contributed by atoms with E-state index in [1.165, 1.54) is 0 Å². The number of guanidine groups is 1. The molecule has 1 fully saturated rings. The van der Waals surface area contributed by atoms with Gasteiger partial charge in [0.1, 0.15) is 5.60 Å². The molecule has 0 aromatic carbocycles. The van der Waals surface area contributed by atoms with Crippen LogP contribution in [0.3, 0.4) is 0 Å². The van der Waals surface area contributed by atoms with Gasteiger partial charge in [-0.25, -0.2) is 0 Å². The summed E-state index contributed by atoms with van der Waals surface area (Å²) in [5, 5.41) is 13.4. The molecule has 0 bridgehead atoms. The van der Waals surface area contributed by atoms with Crippen LogP contribution in [0.1, 0.15) is 13.3 Å².